The van der Waals surface area contributed by atoms with E-state index in [2.05, 4.69) is 37.2 Å². The van der Waals surface area contributed by atoms with Crippen LogP contribution in [0.15, 0.2) is 67.0 Å². The highest BCUT2D eigenvalue weighted by Crippen LogP contribution is 2.32. The predicted octanol–water partition coefficient (Wildman–Crippen LogP) is 3.03. The van der Waals surface area contributed by atoms with Crippen LogP contribution in [0.5, 0.6) is 5.75 Å². The Morgan fingerprint density at radius 3 is 2.86 bits per heavy atom. The summed E-state index contributed by atoms with van der Waals surface area (Å²) in [6, 6.07) is 17.4. The second-order valence-electron chi connectivity index (χ2n) is 9.14. The molecular weight excluding hydrogens is 454 g/mol. The number of anilines is 1. The number of carbonyl (C=O) groups excluding carboxylic acids is 1. The van der Waals surface area contributed by atoms with Gasteiger partial charge in [0.1, 0.15) is 11.3 Å². The summed E-state index contributed by atoms with van der Waals surface area (Å²) in [6.07, 6.45) is 5.20. The maximum Gasteiger partial charge on any atom is 0.251 e. The predicted molar refractivity (Wildman–Crippen MR) is 136 cm³/mol. The number of carbonyl (C=O) groups is 1. The number of aromatic nitrogens is 4. The van der Waals surface area contributed by atoms with Gasteiger partial charge in [-0.1, -0.05) is 24.3 Å². The third kappa shape index (κ3) is 4.29. The Balaban J connectivity index is 1.19. The highest BCUT2D eigenvalue weighted by atomic mass is 16.5. The van der Waals surface area contributed by atoms with E-state index in [1.54, 1.807) is 12.4 Å². The van der Waals surface area contributed by atoms with Gasteiger partial charge < -0.3 is 20.7 Å². The molecule has 2 aliphatic heterocycles. The van der Waals surface area contributed by atoms with Crippen molar-refractivity contribution in [1.82, 2.24) is 30.8 Å². The number of nitrogens with zero attached hydrogens (tertiary/aromatic N) is 3. The molecule has 1 atom stereocenters. The van der Waals surface area contributed by atoms with Gasteiger partial charge >= 0.3 is 0 Å². The number of amides is 1. The molecule has 182 valence electrons. The van der Waals surface area contributed by atoms with Gasteiger partial charge in [-0.3, -0.25) is 14.9 Å². The molecule has 0 unspecified atom stereocenters. The summed E-state index contributed by atoms with van der Waals surface area (Å²) in [4.78, 5) is 21.8. The molecule has 0 aliphatic carbocycles. The third-order valence-electron chi connectivity index (χ3n) is 6.78. The molecule has 0 saturated carbocycles. The summed E-state index contributed by atoms with van der Waals surface area (Å²) >= 11 is 0. The van der Waals surface area contributed by atoms with Crippen molar-refractivity contribution in [3.05, 3.63) is 89.5 Å². The first-order chi connectivity index (χ1) is 17.7. The number of H-pyrrole nitrogens is 1. The van der Waals surface area contributed by atoms with Crippen LogP contribution in [0.1, 0.15) is 33.7 Å². The Kier molecular flexibility index (Phi) is 5.82. The molecule has 0 radical (unpaired) electrons. The number of rotatable bonds is 7. The first-order valence-corrected chi connectivity index (χ1v) is 12.1. The van der Waals surface area contributed by atoms with Crippen LogP contribution in [0.2, 0.25) is 0 Å². The number of aromatic amines is 1. The van der Waals surface area contributed by atoms with Gasteiger partial charge in [0, 0.05) is 54.3 Å². The summed E-state index contributed by atoms with van der Waals surface area (Å²) < 4.78 is 5.76. The standard InChI is InChI=1S/C27H27N7O2/c35-25(30-16-21-5-1-3-18-9-14-36-23(18)21)20-4-2-6-22(15-20)32-27(10-13-29-17-27)26-31-24(33-34-26)19-7-11-28-12-8-19/h1-8,11-12,15,29,32H,9-10,13-14,16-17H2,(H,30,35)(H,31,33,34)/t27-/m1/s1. The van der Waals surface area contributed by atoms with E-state index in [-0.39, 0.29) is 5.91 Å². The molecular formula is C27H27N7O2. The Bertz CT molecular complexity index is 1380. The van der Waals surface area contributed by atoms with Crippen molar-refractivity contribution in [2.24, 2.45) is 0 Å². The van der Waals surface area contributed by atoms with Crippen LogP contribution in [-0.4, -0.2) is 45.8 Å². The van der Waals surface area contributed by atoms with Crippen LogP contribution in [0.3, 0.4) is 0 Å². The van der Waals surface area contributed by atoms with Crippen molar-refractivity contribution in [3.63, 3.8) is 0 Å². The third-order valence-corrected chi connectivity index (χ3v) is 6.78. The number of para-hydroxylation sites is 1. The smallest absolute Gasteiger partial charge is 0.251 e. The van der Waals surface area contributed by atoms with E-state index in [1.807, 2.05) is 48.5 Å². The van der Waals surface area contributed by atoms with Crippen molar-refractivity contribution in [1.29, 1.82) is 0 Å². The Morgan fingerprint density at radius 2 is 2.00 bits per heavy atom. The molecule has 2 aromatic heterocycles. The van der Waals surface area contributed by atoms with Gasteiger partial charge in [0.25, 0.3) is 5.91 Å². The molecule has 1 saturated heterocycles. The Hall–Kier alpha value is -4.24. The van der Waals surface area contributed by atoms with E-state index in [9.17, 15) is 4.79 Å². The van der Waals surface area contributed by atoms with E-state index >= 15 is 0 Å². The van der Waals surface area contributed by atoms with E-state index in [1.165, 1.54) is 5.56 Å². The highest BCUT2D eigenvalue weighted by Gasteiger charge is 2.39. The summed E-state index contributed by atoms with van der Waals surface area (Å²) in [6.45, 7) is 2.65. The van der Waals surface area contributed by atoms with Crippen molar-refractivity contribution in [2.75, 3.05) is 25.0 Å². The molecule has 4 aromatic rings. The molecule has 9 heteroatoms. The van der Waals surface area contributed by atoms with Gasteiger partial charge in [-0.15, -0.1) is 0 Å². The molecule has 6 rings (SSSR count). The zero-order valence-corrected chi connectivity index (χ0v) is 19.8. The monoisotopic (exact) mass is 481 g/mol. The van der Waals surface area contributed by atoms with E-state index in [0.717, 1.165) is 47.8 Å². The van der Waals surface area contributed by atoms with Gasteiger partial charge in [-0.25, -0.2) is 4.98 Å². The molecule has 2 aliphatic rings. The quantitative estimate of drug-likeness (QED) is 0.321. The number of pyridine rings is 1. The van der Waals surface area contributed by atoms with Crippen LogP contribution in [0.4, 0.5) is 5.69 Å². The minimum absolute atomic E-state index is 0.132. The summed E-state index contributed by atoms with van der Waals surface area (Å²) in [5, 5.41) is 17.7. The van der Waals surface area contributed by atoms with Gasteiger partial charge in [-0.05, 0) is 48.9 Å². The molecule has 4 N–H and O–H groups in total. The number of hydrogen-bond donors (Lipinski definition) is 4. The molecule has 36 heavy (non-hydrogen) atoms. The second kappa shape index (κ2) is 9.43. The SMILES string of the molecule is O=C(NCc1cccc2c1OCC2)c1cccc(N[C@]2(c3nc(-c4ccncc4)n[nH]3)CCNC2)c1. The number of hydrogen-bond acceptors (Lipinski definition) is 7. The van der Waals surface area contributed by atoms with Gasteiger partial charge in [0.15, 0.2) is 11.6 Å². The average molecular weight is 482 g/mol. The largest absolute Gasteiger partial charge is 0.493 e. The lowest BCUT2D eigenvalue weighted by Gasteiger charge is -2.28. The van der Waals surface area contributed by atoms with Gasteiger partial charge in [-0.2, -0.15) is 5.10 Å². The van der Waals surface area contributed by atoms with Gasteiger partial charge in [0.2, 0.25) is 0 Å². The minimum atomic E-state index is -0.463. The number of fused-ring (bicyclic) bond motifs is 1. The Labute approximate surface area is 208 Å². The maximum atomic E-state index is 13.0. The van der Waals surface area contributed by atoms with Crippen molar-refractivity contribution in [2.45, 2.75) is 24.9 Å². The van der Waals surface area contributed by atoms with Crippen molar-refractivity contribution in [3.8, 4) is 17.1 Å². The van der Waals surface area contributed by atoms with Crippen LogP contribution in [0, 0.1) is 0 Å². The fraction of sp³-hybridized carbons (Fsp3) is 0.259. The number of benzene rings is 2. The topological polar surface area (TPSA) is 117 Å². The minimum Gasteiger partial charge on any atom is -0.493 e. The fourth-order valence-electron chi connectivity index (χ4n) is 4.88. The number of nitrogens with one attached hydrogen (secondary N) is 4. The first-order valence-electron chi connectivity index (χ1n) is 12.1. The highest BCUT2D eigenvalue weighted by molar-refractivity contribution is 5.95. The van der Waals surface area contributed by atoms with Gasteiger partial charge in [0.05, 0.1) is 6.61 Å². The van der Waals surface area contributed by atoms with Crippen molar-refractivity contribution >= 4 is 11.6 Å². The normalized spacial score (nSPS) is 18.4. The molecule has 1 amide bonds. The molecule has 0 spiro atoms. The summed E-state index contributed by atoms with van der Waals surface area (Å²) in [5.74, 6) is 2.16. The van der Waals surface area contributed by atoms with Crippen LogP contribution in [0.25, 0.3) is 11.4 Å². The Morgan fingerprint density at radius 1 is 1.11 bits per heavy atom. The van der Waals surface area contributed by atoms with Crippen LogP contribution < -0.4 is 20.7 Å². The fourth-order valence-corrected chi connectivity index (χ4v) is 4.88. The maximum absolute atomic E-state index is 13.0. The zero-order valence-electron chi connectivity index (χ0n) is 19.8. The summed E-state index contributed by atoms with van der Waals surface area (Å²) in [7, 11) is 0. The number of ether oxygens (including phenoxy) is 1. The first kappa shape index (κ1) is 22.2. The van der Waals surface area contributed by atoms with E-state index in [4.69, 9.17) is 9.72 Å². The lowest BCUT2D eigenvalue weighted by atomic mass is 9.96. The van der Waals surface area contributed by atoms with E-state index < -0.39 is 5.54 Å². The molecule has 0 bridgehead atoms. The van der Waals surface area contributed by atoms with E-state index in [0.29, 0.717) is 31.1 Å². The summed E-state index contributed by atoms with van der Waals surface area (Å²) in [5.41, 5.74) is 4.07. The molecule has 1 fully saturated rings. The lowest BCUT2D eigenvalue weighted by Crippen LogP contribution is -2.39. The molecule has 2 aromatic carbocycles. The zero-order chi connectivity index (χ0) is 24.4. The average Bonchev–Trinajstić information content (AvgIpc) is 3.69. The van der Waals surface area contributed by atoms with Crippen molar-refractivity contribution < 1.29 is 9.53 Å². The molecule has 9 nitrogen and oxygen atoms in total. The second-order valence-corrected chi connectivity index (χ2v) is 9.14. The van der Waals surface area contributed by atoms with Crippen LogP contribution >= 0.6 is 0 Å². The lowest BCUT2D eigenvalue weighted by molar-refractivity contribution is 0.0950. The van der Waals surface area contributed by atoms with Crippen LogP contribution in [-0.2, 0) is 18.5 Å². The molecule has 4 heterocycles.